The first-order valence-electron chi connectivity index (χ1n) is 7.09. The number of nitrogens with one attached hydrogen (secondary N) is 2. The van der Waals surface area contributed by atoms with Crippen LogP contribution in [0.4, 0.5) is 5.13 Å². The van der Waals surface area contributed by atoms with Gasteiger partial charge in [-0.2, -0.15) is 0 Å². The summed E-state index contributed by atoms with van der Waals surface area (Å²) in [6.45, 7) is 0. The first-order valence-corrected chi connectivity index (χ1v) is 9.44. The van der Waals surface area contributed by atoms with Gasteiger partial charge in [0.25, 0.3) is 5.91 Å². The summed E-state index contributed by atoms with van der Waals surface area (Å²) in [6, 6.07) is 8.09. The molecule has 2 aromatic carbocycles. The fourth-order valence-corrected chi connectivity index (χ4v) is 3.85. The second-order valence-electron chi connectivity index (χ2n) is 5.01. The first-order chi connectivity index (χ1) is 12.4. The van der Waals surface area contributed by atoms with Gasteiger partial charge in [0.15, 0.2) is 10.2 Å². The van der Waals surface area contributed by atoms with Crippen LogP contribution in [0.5, 0.6) is 5.75 Å². The molecule has 134 valence electrons. The summed E-state index contributed by atoms with van der Waals surface area (Å²) in [5.74, 6) is 0.0849. The Morgan fingerprint density at radius 2 is 1.96 bits per heavy atom. The molecule has 0 aliphatic heterocycles. The van der Waals surface area contributed by atoms with Crippen LogP contribution >= 0.6 is 58.4 Å². The Hall–Kier alpha value is -1.64. The Morgan fingerprint density at radius 3 is 2.69 bits per heavy atom. The topological polar surface area (TPSA) is 63.2 Å². The molecule has 0 fully saturated rings. The van der Waals surface area contributed by atoms with Gasteiger partial charge in [0, 0.05) is 11.1 Å². The van der Waals surface area contributed by atoms with E-state index in [1.54, 1.807) is 31.4 Å². The van der Waals surface area contributed by atoms with Gasteiger partial charge in [0.2, 0.25) is 0 Å². The lowest BCUT2D eigenvalue weighted by Crippen LogP contribution is -2.34. The van der Waals surface area contributed by atoms with E-state index in [4.69, 9.17) is 51.8 Å². The molecule has 0 aliphatic rings. The number of benzene rings is 2. The number of thiazole rings is 1. The standard InChI is InChI=1S/C16H10Cl3N3O2S2/c1-24-12-6-13-11(5-10(12)19)20-16(26-13)22-15(25)21-14(23)8-4-7(17)2-3-9(8)18/h2-6H,1H3,(H2,20,21,22,23,25). The molecule has 3 rings (SSSR count). The smallest absolute Gasteiger partial charge is 0.258 e. The normalized spacial score (nSPS) is 10.6. The Kier molecular flexibility index (Phi) is 5.84. The van der Waals surface area contributed by atoms with Crippen LogP contribution in [0.2, 0.25) is 15.1 Å². The van der Waals surface area contributed by atoms with Crippen LogP contribution in [0.3, 0.4) is 0 Å². The first kappa shape index (κ1) is 19.1. The Balaban J connectivity index is 1.74. The molecule has 0 saturated heterocycles. The minimum Gasteiger partial charge on any atom is -0.495 e. The third-order valence-electron chi connectivity index (χ3n) is 3.28. The van der Waals surface area contributed by atoms with Crippen LogP contribution in [0, 0.1) is 0 Å². The monoisotopic (exact) mass is 445 g/mol. The Bertz CT molecular complexity index is 1020. The highest BCUT2D eigenvalue weighted by atomic mass is 35.5. The van der Waals surface area contributed by atoms with Gasteiger partial charge in [-0.1, -0.05) is 46.1 Å². The van der Waals surface area contributed by atoms with Crippen molar-refractivity contribution in [2.24, 2.45) is 0 Å². The molecule has 0 radical (unpaired) electrons. The minimum absolute atomic E-state index is 0.0863. The number of anilines is 1. The van der Waals surface area contributed by atoms with E-state index < -0.39 is 5.91 Å². The number of carbonyl (C=O) groups excluding carboxylic acids is 1. The quantitative estimate of drug-likeness (QED) is 0.528. The predicted octanol–water partition coefficient (Wildman–Crippen LogP) is 5.39. The average Bonchev–Trinajstić information content (AvgIpc) is 2.96. The molecule has 26 heavy (non-hydrogen) atoms. The number of halogens is 3. The summed E-state index contributed by atoms with van der Waals surface area (Å²) in [7, 11) is 1.54. The van der Waals surface area contributed by atoms with Crippen LogP contribution in [0.25, 0.3) is 10.2 Å². The molecule has 0 unspecified atom stereocenters. The number of methoxy groups -OCH3 is 1. The molecular formula is C16H10Cl3N3O2S2. The van der Waals surface area contributed by atoms with Crippen molar-refractivity contribution in [3.8, 4) is 5.75 Å². The maximum Gasteiger partial charge on any atom is 0.258 e. The molecule has 0 aliphatic carbocycles. The molecule has 3 aromatic rings. The number of amides is 1. The van der Waals surface area contributed by atoms with Gasteiger partial charge in [-0.25, -0.2) is 4.98 Å². The van der Waals surface area contributed by atoms with E-state index in [1.165, 1.54) is 17.4 Å². The van der Waals surface area contributed by atoms with Crippen molar-refractivity contribution in [2.75, 3.05) is 12.4 Å². The van der Waals surface area contributed by atoms with Gasteiger partial charge in [-0.3, -0.25) is 10.1 Å². The maximum atomic E-state index is 12.3. The molecule has 2 N–H and O–H groups in total. The highest BCUT2D eigenvalue weighted by Crippen LogP contribution is 2.34. The summed E-state index contributed by atoms with van der Waals surface area (Å²) < 4.78 is 6.05. The summed E-state index contributed by atoms with van der Waals surface area (Å²) in [5, 5.41) is 7.14. The van der Waals surface area contributed by atoms with Gasteiger partial charge in [-0.15, -0.1) is 0 Å². The van der Waals surface area contributed by atoms with Crippen molar-refractivity contribution >= 4 is 84.7 Å². The molecule has 0 bridgehead atoms. The highest BCUT2D eigenvalue weighted by molar-refractivity contribution is 7.80. The molecule has 0 saturated carbocycles. The molecule has 0 spiro atoms. The number of hydrogen-bond donors (Lipinski definition) is 2. The van der Waals surface area contributed by atoms with Crippen LogP contribution in [-0.2, 0) is 0 Å². The number of fused-ring (bicyclic) bond motifs is 1. The van der Waals surface area contributed by atoms with E-state index >= 15 is 0 Å². The lowest BCUT2D eigenvalue weighted by atomic mass is 10.2. The summed E-state index contributed by atoms with van der Waals surface area (Å²) in [6.07, 6.45) is 0. The lowest BCUT2D eigenvalue weighted by molar-refractivity contribution is 0.0978. The van der Waals surface area contributed by atoms with Crippen LogP contribution in [0.15, 0.2) is 30.3 Å². The summed E-state index contributed by atoms with van der Waals surface area (Å²) in [5.41, 5.74) is 0.916. The van der Waals surface area contributed by atoms with Crippen LogP contribution in [0.1, 0.15) is 10.4 Å². The predicted molar refractivity (Wildman–Crippen MR) is 111 cm³/mol. The number of ether oxygens (including phenoxy) is 1. The zero-order chi connectivity index (χ0) is 18.8. The zero-order valence-corrected chi connectivity index (χ0v) is 17.0. The third kappa shape index (κ3) is 4.19. The van der Waals surface area contributed by atoms with E-state index in [-0.39, 0.29) is 15.7 Å². The Labute approximate surface area is 173 Å². The molecule has 1 aromatic heterocycles. The summed E-state index contributed by atoms with van der Waals surface area (Å²) >= 11 is 24.5. The fraction of sp³-hybridized carbons (Fsp3) is 0.0625. The highest BCUT2D eigenvalue weighted by Gasteiger charge is 2.14. The molecule has 0 atom stereocenters. The number of aromatic nitrogens is 1. The third-order valence-corrected chi connectivity index (χ3v) is 5.28. The SMILES string of the molecule is COc1cc2sc(NC(=S)NC(=O)c3cc(Cl)ccc3Cl)nc2cc1Cl. The number of rotatable bonds is 3. The van der Waals surface area contributed by atoms with E-state index in [0.29, 0.717) is 26.4 Å². The van der Waals surface area contributed by atoms with Gasteiger partial charge in [-0.05, 0) is 36.5 Å². The minimum atomic E-state index is -0.471. The lowest BCUT2D eigenvalue weighted by Gasteiger charge is -2.08. The zero-order valence-electron chi connectivity index (χ0n) is 13.1. The van der Waals surface area contributed by atoms with Crippen LogP contribution < -0.4 is 15.4 Å². The number of nitrogens with zero attached hydrogens (tertiary/aromatic N) is 1. The van der Waals surface area contributed by atoms with Crippen molar-refractivity contribution in [1.82, 2.24) is 10.3 Å². The maximum absolute atomic E-state index is 12.3. The molecule has 1 heterocycles. The number of hydrogen-bond acceptors (Lipinski definition) is 5. The van der Waals surface area contributed by atoms with Gasteiger partial charge >= 0.3 is 0 Å². The van der Waals surface area contributed by atoms with Crippen LogP contribution in [-0.4, -0.2) is 23.1 Å². The van der Waals surface area contributed by atoms with Crippen molar-refractivity contribution in [1.29, 1.82) is 0 Å². The van der Waals surface area contributed by atoms with E-state index in [2.05, 4.69) is 15.6 Å². The van der Waals surface area contributed by atoms with E-state index in [9.17, 15) is 4.79 Å². The van der Waals surface area contributed by atoms with E-state index in [0.717, 1.165) is 4.70 Å². The van der Waals surface area contributed by atoms with Crippen molar-refractivity contribution in [3.05, 3.63) is 51.0 Å². The Morgan fingerprint density at radius 1 is 1.19 bits per heavy atom. The van der Waals surface area contributed by atoms with Crippen molar-refractivity contribution in [2.45, 2.75) is 0 Å². The van der Waals surface area contributed by atoms with Gasteiger partial charge in [0.05, 0.1) is 32.9 Å². The average molecular weight is 447 g/mol. The molecular weight excluding hydrogens is 437 g/mol. The largest absolute Gasteiger partial charge is 0.495 e. The van der Waals surface area contributed by atoms with E-state index in [1.807, 2.05) is 0 Å². The number of thiocarbonyl (C=S) groups is 1. The molecule has 10 heteroatoms. The van der Waals surface area contributed by atoms with Gasteiger partial charge in [0.1, 0.15) is 5.75 Å². The number of carbonyl (C=O) groups is 1. The molecule has 1 amide bonds. The van der Waals surface area contributed by atoms with Crippen molar-refractivity contribution in [3.63, 3.8) is 0 Å². The summed E-state index contributed by atoms with van der Waals surface area (Å²) in [4.78, 5) is 16.7. The molecule has 5 nitrogen and oxygen atoms in total. The van der Waals surface area contributed by atoms with Gasteiger partial charge < -0.3 is 10.1 Å². The van der Waals surface area contributed by atoms with Crippen molar-refractivity contribution < 1.29 is 9.53 Å². The fourth-order valence-electron chi connectivity index (χ4n) is 2.11. The second-order valence-corrected chi connectivity index (χ2v) is 7.70. The second kappa shape index (κ2) is 7.94.